The number of aromatic amines is 3. The number of fused-ring (bicyclic) bond motifs is 2. The minimum Gasteiger partial charge on any atom is -0.462 e. The molecular formula is C10H7N3O3S. The predicted molar refractivity (Wildman–Crippen MR) is 64.8 cm³/mol. The van der Waals surface area contributed by atoms with Crippen molar-refractivity contribution in [2.45, 2.75) is 0 Å². The number of benzene rings is 1. The highest BCUT2D eigenvalue weighted by atomic mass is 32.1. The average Bonchev–Trinajstić information content (AvgIpc) is 2.53. The Morgan fingerprint density at radius 3 is 2.53 bits per heavy atom. The molecule has 0 aliphatic heterocycles. The molecule has 0 atom stereocenters. The summed E-state index contributed by atoms with van der Waals surface area (Å²) in [5.74, 6) is 0. The zero-order valence-electron chi connectivity index (χ0n) is 8.44. The first kappa shape index (κ1) is 9.91. The van der Waals surface area contributed by atoms with Crippen LogP contribution in [0.25, 0.3) is 21.3 Å². The van der Waals surface area contributed by atoms with Crippen LogP contribution in [0.1, 0.15) is 0 Å². The van der Waals surface area contributed by atoms with Gasteiger partial charge in [-0.3, -0.25) is 9.59 Å². The van der Waals surface area contributed by atoms with Gasteiger partial charge in [0.15, 0.2) is 0 Å². The summed E-state index contributed by atoms with van der Waals surface area (Å²) in [4.78, 5) is 27.4. The fourth-order valence-corrected chi connectivity index (χ4v) is 2.16. The molecule has 2 aromatic heterocycles. The molecule has 0 saturated heterocycles. The number of aromatic nitrogens is 3. The molecule has 0 radical (unpaired) electrons. The summed E-state index contributed by atoms with van der Waals surface area (Å²) in [5, 5.41) is 0. The van der Waals surface area contributed by atoms with Gasteiger partial charge < -0.3 is 18.8 Å². The van der Waals surface area contributed by atoms with Gasteiger partial charge in [-0.15, -0.1) is 0 Å². The van der Waals surface area contributed by atoms with Crippen LogP contribution < -0.4 is 11.1 Å². The highest BCUT2D eigenvalue weighted by Gasteiger charge is 2.02. The van der Waals surface area contributed by atoms with Crippen molar-refractivity contribution in [3.05, 3.63) is 45.3 Å². The minimum absolute atomic E-state index is 0.532. The van der Waals surface area contributed by atoms with E-state index < -0.39 is 11.1 Å². The highest BCUT2D eigenvalue weighted by molar-refractivity contribution is 7.12. The standard InChI is InChI=1S/C10H7N3O3S/c14-9-10(15)13-6-4-8-7(3-5(6)12-9)16-2-1-11-17-8/h1-4,11H,(H,12,14)(H,13,15). The number of nitrogens with one attached hydrogen (secondary N) is 3. The van der Waals surface area contributed by atoms with Crippen molar-refractivity contribution < 1.29 is 4.42 Å². The van der Waals surface area contributed by atoms with E-state index in [0.29, 0.717) is 16.6 Å². The molecule has 1 aromatic carbocycles. The number of hydrogen-bond donors (Lipinski definition) is 3. The second-order valence-electron chi connectivity index (χ2n) is 3.39. The van der Waals surface area contributed by atoms with Crippen molar-refractivity contribution in [3.8, 4) is 0 Å². The summed E-state index contributed by atoms with van der Waals surface area (Å²) >= 11 is 1.36. The third-order valence-electron chi connectivity index (χ3n) is 2.29. The van der Waals surface area contributed by atoms with Gasteiger partial charge in [0, 0.05) is 12.3 Å². The quantitative estimate of drug-likeness (QED) is 0.526. The first-order valence-electron chi connectivity index (χ1n) is 4.78. The van der Waals surface area contributed by atoms with Gasteiger partial charge in [0.1, 0.15) is 11.8 Å². The molecule has 0 unspecified atom stereocenters. The fourth-order valence-electron chi connectivity index (χ4n) is 1.53. The summed E-state index contributed by atoms with van der Waals surface area (Å²) in [6.45, 7) is 0. The van der Waals surface area contributed by atoms with Gasteiger partial charge in [-0.1, -0.05) is 11.5 Å². The molecule has 0 aliphatic carbocycles. The van der Waals surface area contributed by atoms with Crippen LogP contribution in [-0.4, -0.2) is 14.3 Å². The molecule has 0 bridgehead atoms. The summed E-state index contributed by atoms with van der Waals surface area (Å²) in [7, 11) is 0. The largest absolute Gasteiger partial charge is 0.462 e. The molecule has 86 valence electrons. The second-order valence-corrected chi connectivity index (χ2v) is 4.27. The van der Waals surface area contributed by atoms with Crippen molar-refractivity contribution >= 4 is 32.8 Å². The summed E-state index contributed by atoms with van der Waals surface area (Å²) in [6, 6.07) is 3.42. The Morgan fingerprint density at radius 1 is 1.06 bits per heavy atom. The van der Waals surface area contributed by atoms with Crippen LogP contribution in [0.5, 0.6) is 0 Å². The van der Waals surface area contributed by atoms with Gasteiger partial charge in [-0.2, -0.15) is 0 Å². The minimum atomic E-state index is -0.674. The number of H-pyrrole nitrogens is 3. The molecular weight excluding hydrogens is 242 g/mol. The highest BCUT2D eigenvalue weighted by Crippen LogP contribution is 2.19. The van der Waals surface area contributed by atoms with E-state index in [1.807, 2.05) is 0 Å². The summed E-state index contributed by atoms with van der Waals surface area (Å²) in [5.41, 5.74) is 0.374. The third kappa shape index (κ3) is 1.66. The predicted octanol–water partition coefficient (Wildman–Crippen LogP) is 1.48. The first-order chi connectivity index (χ1) is 8.24. The van der Waals surface area contributed by atoms with Gasteiger partial charge in [0.25, 0.3) is 0 Å². The Morgan fingerprint density at radius 2 is 1.76 bits per heavy atom. The van der Waals surface area contributed by atoms with Crippen LogP contribution in [0.4, 0.5) is 0 Å². The summed E-state index contributed by atoms with van der Waals surface area (Å²) in [6.07, 6.45) is 3.16. The Balaban J connectivity index is 2.56. The Hall–Kier alpha value is -2.28. The van der Waals surface area contributed by atoms with E-state index in [1.54, 1.807) is 18.3 Å². The van der Waals surface area contributed by atoms with Crippen LogP contribution in [0.15, 0.2) is 38.6 Å². The lowest BCUT2D eigenvalue weighted by Gasteiger charge is -1.97. The van der Waals surface area contributed by atoms with Crippen LogP contribution >= 0.6 is 11.5 Å². The molecule has 0 fully saturated rings. The van der Waals surface area contributed by atoms with Crippen molar-refractivity contribution in [2.24, 2.45) is 0 Å². The van der Waals surface area contributed by atoms with Gasteiger partial charge in [-0.25, -0.2) is 0 Å². The molecule has 3 N–H and O–H groups in total. The maximum atomic E-state index is 11.2. The Kier molecular flexibility index (Phi) is 2.12. The molecule has 3 rings (SSSR count). The topological polar surface area (TPSA) is 94.7 Å². The molecule has 7 heteroatoms. The fraction of sp³-hybridized carbons (Fsp3) is 0. The van der Waals surface area contributed by atoms with Crippen molar-refractivity contribution in [1.29, 1.82) is 0 Å². The smallest absolute Gasteiger partial charge is 0.314 e. The van der Waals surface area contributed by atoms with Crippen LogP contribution in [-0.2, 0) is 0 Å². The van der Waals surface area contributed by atoms with E-state index in [1.165, 1.54) is 17.8 Å². The van der Waals surface area contributed by atoms with Crippen LogP contribution in [0.3, 0.4) is 0 Å². The molecule has 6 nitrogen and oxygen atoms in total. The first-order valence-corrected chi connectivity index (χ1v) is 5.60. The summed E-state index contributed by atoms with van der Waals surface area (Å²) < 4.78 is 9.11. The lowest BCUT2D eigenvalue weighted by molar-refractivity contribution is 0.606. The van der Waals surface area contributed by atoms with E-state index in [-0.39, 0.29) is 0 Å². The van der Waals surface area contributed by atoms with Crippen molar-refractivity contribution in [1.82, 2.24) is 14.3 Å². The number of rotatable bonds is 0. The monoisotopic (exact) mass is 249 g/mol. The lowest BCUT2D eigenvalue weighted by Crippen LogP contribution is -2.28. The molecule has 0 aliphatic rings. The van der Waals surface area contributed by atoms with Gasteiger partial charge in [0.05, 0.1) is 15.7 Å². The van der Waals surface area contributed by atoms with Crippen LogP contribution in [0, 0.1) is 0 Å². The van der Waals surface area contributed by atoms with Gasteiger partial charge in [-0.05, 0) is 6.07 Å². The molecule has 0 spiro atoms. The van der Waals surface area contributed by atoms with E-state index in [9.17, 15) is 9.59 Å². The van der Waals surface area contributed by atoms with Crippen molar-refractivity contribution in [2.75, 3.05) is 0 Å². The van der Waals surface area contributed by atoms with E-state index in [4.69, 9.17) is 4.42 Å². The molecule has 3 aromatic rings. The lowest BCUT2D eigenvalue weighted by atomic mass is 10.3. The normalized spacial score (nSPS) is 10.8. The second kappa shape index (κ2) is 3.63. The Labute approximate surface area is 97.4 Å². The third-order valence-corrected chi connectivity index (χ3v) is 3.08. The molecule has 17 heavy (non-hydrogen) atoms. The van der Waals surface area contributed by atoms with Gasteiger partial charge in [0.2, 0.25) is 0 Å². The zero-order chi connectivity index (χ0) is 11.8. The maximum Gasteiger partial charge on any atom is 0.314 e. The van der Waals surface area contributed by atoms with E-state index >= 15 is 0 Å². The van der Waals surface area contributed by atoms with E-state index in [0.717, 1.165) is 4.70 Å². The number of hydrogen-bond acceptors (Lipinski definition) is 4. The molecule has 2 heterocycles. The van der Waals surface area contributed by atoms with Gasteiger partial charge >= 0.3 is 11.1 Å². The molecule has 0 saturated carbocycles. The Bertz CT molecular complexity index is 778. The zero-order valence-corrected chi connectivity index (χ0v) is 9.26. The van der Waals surface area contributed by atoms with E-state index in [2.05, 4.69) is 14.3 Å². The molecule has 0 amide bonds. The SMILES string of the molecule is O=c1[nH]c2cc3occ[nH]sc3cc2[nH]c1=O. The maximum absolute atomic E-state index is 11.2. The van der Waals surface area contributed by atoms with Crippen LogP contribution in [0.2, 0.25) is 0 Å². The average molecular weight is 249 g/mol. The van der Waals surface area contributed by atoms with Crippen molar-refractivity contribution in [3.63, 3.8) is 0 Å².